The Morgan fingerprint density at radius 1 is 1.38 bits per heavy atom. The maximum Gasteiger partial charge on any atom is 0.222 e. The molecule has 13 heavy (non-hydrogen) atoms. The molecular weight excluding hydrogens is 166 g/mol. The van der Waals surface area contributed by atoms with Crippen molar-refractivity contribution in [3.63, 3.8) is 0 Å². The fourth-order valence-corrected chi connectivity index (χ4v) is 1.52. The average Bonchev–Trinajstić information content (AvgIpc) is 2.15. The van der Waals surface area contributed by atoms with Gasteiger partial charge in [-0.2, -0.15) is 0 Å². The molecule has 0 aromatic rings. The standard InChI is InChI=1S/C10H19NO2/c1-2-8-13-9-7-11-6-4-3-5-10(11)12/h2-9H2,1H3. The summed E-state index contributed by atoms with van der Waals surface area (Å²) in [6.07, 6.45) is 3.99. The van der Waals surface area contributed by atoms with Crippen LogP contribution in [-0.4, -0.2) is 37.1 Å². The fourth-order valence-electron chi connectivity index (χ4n) is 1.52. The summed E-state index contributed by atoms with van der Waals surface area (Å²) < 4.78 is 5.34. The molecule has 1 fully saturated rings. The minimum atomic E-state index is 0.298. The largest absolute Gasteiger partial charge is 0.380 e. The summed E-state index contributed by atoms with van der Waals surface area (Å²) in [6, 6.07) is 0. The van der Waals surface area contributed by atoms with E-state index in [-0.39, 0.29) is 0 Å². The number of ether oxygens (including phenoxy) is 1. The molecule has 0 atom stereocenters. The lowest BCUT2D eigenvalue weighted by molar-refractivity contribution is -0.134. The van der Waals surface area contributed by atoms with Gasteiger partial charge in [-0.15, -0.1) is 0 Å². The predicted octanol–water partition coefficient (Wildman–Crippen LogP) is 1.43. The van der Waals surface area contributed by atoms with Crippen LogP contribution in [0.5, 0.6) is 0 Å². The molecule has 1 aliphatic heterocycles. The number of hydrogen-bond donors (Lipinski definition) is 0. The Hall–Kier alpha value is -0.570. The number of rotatable bonds is 5. The third-order valence-electron chi connectivity index (χ3n) is 2.28. The Bertz CT molecular complexity index is 159. The van der Waals surface area contributed by atoms with Crippen LogP contribution >= 0.6 is 0 Å². The quantitative estimate of drug-likeness (QED) is 0.606. The molecule has 3 heteroatoms. The van der Waals surface area contributed by atoms with Gasteiger partial charge in [0.15, 0.2) is 0 Å². The van der Waals surface area contributed by atoms with E-state index in [4.69, 9.17) is 4.74 Å². The van der Waals surface area contributed by atoms with E-state index in [1.807, 2.05) is 4.90 Å². The molecular formula is C10H19NO2. The van der Waals surface area contributed by atoms with Crippen LogP contribution in [-0.2, 0) is 9.53 Å². The molecule has 1 saturated heterocycles. The van der Waals surface area contributed by atoms with Crippen LogP contribution in [0.3, 0.4) is 0 Å². The zero-order chi connectivity index (χ0) is 9.52. The van der Waals surface area contributed by atoms with Crippen molar-refractivity contribution >= 4 is 5.91 Å². The summed E-state index contributed by atoms with van der Waals surface area (Å²) in [7, 11) is 0. The average molecular weight is 185 g/mol. The van der Waals surface area contributed by atoms with Crippen LogP contribution in [0, 0.1) is 0 Å². The SMILES string of the molecule is CCCOCCN1CCCCC1=O. The molecule has 0 unspecified atom stereocenters. The molecule has 0 aliphatic carbocycles. The van der Waals surface area contributed by atoms with Crippen LogP contribution in [0.1, 0.15) is 32.6 Å². The minimum absolute atomic E-state index is 0.298. The van der Waals surface area contributed by atoms with Gasteiger partial charge < -0.3 is 9.64 Å². The molecule has 76 valence electrons. The molecule has 1 rings (SSSR count). The Balaban J connectivity index is 2.08. The van der Waals surface area contributed by atoms with E-state index in [1.54, 1.807) is 0 Å². The summed E-state index contributed by atoms with van der Waals surface area (Å²) in [4.78, 5) is 13.2. The van der Waals surface area contributed by atoms with Crippen molar-refractivity contribution in [1.29, 1.82) is 0 Å². The van der Waals surface area contributed by atoms with Crippen molar-refractivity contribution in [3.05, 3.63) is 0 Å². The Labute approximate surface area is 80.1 Å². The fraction of sp³-hybridized carbons (Fsp3) is 0.900. The van der Waals surface area contributed by atoms with Crippen LogP contribution in [0.2, 0.25) is 0 Å². The lowest BCUT2D eigenvalue weighted by atomic mass is 10.1. The van der Waals surface area contributed by atoms with E-state index in [0.717, 1.165) is 45.4 Å². The van der Waals surface area contributed by atoms with Crippen molar-refractivity contribution in [1.82, 2.24) is 4.90 Å². The second kappa shape index (κ2) is 5.97. The first-order valence-electron chi connectivity index (χ1n) is 5.20. The molecule has 0 bridgehead atoms. The van der Waals surface area contributed by atoms with Crippen LogP contribution in [0.4, 0.5) is 0 Å². The van der Waals surface area contributed by atoms with Gasteiger partial charge >= 0.3 is 0 Å². The smallest absolute Gasteiger partial charge is 0.222 e. The molecule has 1 aliphatic rings. The first-order chi connectivity index (χ1) is 6.34. The van der Waals surface area contributed by atoms with Gasteiger partial charge in [0.1, 0.15) is 0 Å². The molecule has 0 aromatic heterocycles. The van der Waals surface area contributed by atoms with E-state index < -0.39 is 0 Å². The summed E-state index contributed by atoms with van der Waals surface area (Å²) >= 11 is 0. The summed E-state index contributed by atoms with van der Waals surface area (Å²) in [6.45, 7) is 5.29. The van der Waals surface area contributed by atoms with Gasteiger partial charge in [0.25, 0.3) is 0 Å². The molecule has 0 N–H and O–H groups in total. The number of likely N-dealkylation sites (tertiary alicyclic amines) is 1. The third kappa shape index (κ3) is 3.77. The molecule has 3 nitrogen and oxygen atoms in total. The van der Waals surface area contributed by atoms with Gasteiger partial charge in [-0.25, -0.2) is 0 Å². The number of nitrogens with zero attached hydrogens (tertiary/aromatic N) is 1. The monoisotopic (exact) mass is 185 g/mol. The van der Waals surface area contributed by atoms with E-state index in [9.17, 15) is 4.79 Å². The second-order valence-corrected chi connectivity index (χ2v) is 3.45. The minimum Gasteiger partial charge on any atom is -0.380 e. The van der Waals surface area contributed by atoms with Crippen molar-refractivity contribution in [2.24, 2.45) is 0 Å². The molecule has 0 saturated carbocycles. The highest BCUT2D eigenvalue weighted by molar-refractivity contribution is 5.76. The lowest BCUT2D eigenvalue weighted by Gasteiger charge is -2.26. The van der Waals surface area contributed by atoms with E-state index >= 15 is 0 Å². The van der Waals surface area contributed by atoms with Gasteiger partial charge in [0.05, 0.1) is 6.61 Å². The highest BCUT2D eigenvalue weighted by atomic mass is 16.5. The van der Waals surface area contributed by atoms with Gasteiger partial charge in [-0.3, -0.25) is 4.79 Å². The molecule has 0 spiro atoms. The molecule has 0 aromatic carbocycles. The van der Waals surface area contributed by atoms with E-state index in [0.29, 0.717) is 12.5 Å². The van der Waals surface area contributed by atoms with Gasteiger partial charge in [-0.05, 0) is 19.3 Å². The first kappa shape index (κ1) is 10.5. The molecule has 0 radical (unpaired) electrons. The zero-order valence-corrected chi connectivity index (χ0v) is 8.42. The lowest BCUT2D eigenvalue weighted by Crippen LogP contribution is -2.37. The Kier molecular flexibility index (Phi) is 4.83. The van der Waals surface area contributed by atoms with E-state index in [1.165, 1.54) is 0 Å². The van der Waals surface area contributed by atoms with Gasteiger partial charge in [0.2, 0.25) is 5.91 Å². The summed E-state index contributed by atoms with van der Waals surface area (Å²) in [5.41, 5.74) is 0. The topological polar surface area (TPSA) is 29.5 Å². The Morgan fingerprint density at radius 3 is 2.92 bits per heavy atom. The molecule has 1 amide bonds. The van der Waals surface area contributed by atoms with Crippen LogP contribution in [0.25, 0.3) is 0 Å². The number of amides is 1. The highest BCUT2D eigenvalue weighted by Gasteiger charge is 2.16. The third-order valence-corrected chi connectivity index (χ3v) is 2.28. The number of carbonyl (C=O) groups excluding carboxylic acids is 1. The maximum atomic E-state index is 11.3. The normalized spacial score (nSPS) is 17.9. The maximum absolute atomic E-state index is 11.3. The van der Waals surface area contributed by atoms with Crippen LogP contribution in [0.15, 0.2) is 0 Å². The summed E-state index contributed by atoms with van der Waals surface area (Å²) in [5, 5.41) is 0. The number of carbonyl (C=O) groups is 1. The second-order valence-electron chi connectivity index (χ2n) is 3.45. The number of hydrogen-bond acceptors (Lipinski definition) is 2. The van der Waals surface area contributed by atoms with Gasteiger partial charge in [0, 0.05) is 26.1 Å². The van der Waals surface area contributed by atoms with Crippen molar-refractivity contribution < 1.29 is 9.53 Å². The summed E-state index contributed by atoms with van der Waals surface area (Å²) in [5.74, 6) is 0.298. The van der Waals surface area contributed by atoms with Crippen molar-refractivity contribution in [2.45, 2.75) is 32.6 Å². The van der Waals surface area contributed by atoms with Crippen molar-refractivity contribution in [3.8, 4) is 0 Å². The van der Waals surface area contributed by atoms with E-state index in [2.05, 4.69) is 6.92 Å². The Morgan fingerprint density at radius 2 is 2.23 bits per heavy atom. The number of piperidine rings is 1. The molecule has 1 heterocycles. The first-order valence-corrected chi connectivity index (χ1v) is 5.20. The van der Waals surface area contributed by atoms with Crippen molar-refractivity contribution in [2.75, 3.05) is 26.3 Å². The van der Waals surface area contributed by atoms with Gasteiger partial charge in [-0.1, -0.05) is 6.92 Å². The van der Waals surface area contributed by atoms with Crippen LogP contribution < -0.4 is 0 Å². The highest BCUT2D eigenvalue weighted by Crippen LogP contribution is 2.09. The zero-order valence-electron chi connectivity index (χ0n) is 8.42. The predicted molar refractivity (Wildman–Crippen MR) is 51.5 cm³/mol.